The Hall–Kier alpha value is -3.77. The molecule has 2 atom stereocenters. The van der Waals surface area contributed by atoms with Gasteiger partial charge in [-0.05, 0) is 61.1 Å². The number of anilines is 3. The van der Waals surface area contributed by atoms with E-state index in [-0.39, 0.29) is 4.77 Å². The largest absolute Gasteiger partial charge is 0.480 e. The molecule has 0 saturated carbocycles. The van der Waals surface area contributed by atoms with Crippen LogP contribution < -0.4 is 15.5 Å². The number of aromatic amines is 1. The van der Waals surface area contributed by atoms with Crippen molar-refractivity contribution in [1.29, 1.82) is 0 Å². The van der Waals surface area contributed by atoms with Gasteiger partial charge in [-0.15, -0.1) is 0 Å². The average Bonchev–Trinajstić information content (AvgIpc) is 3.34. The van der Waals surface area contributed by atoms with Crippen LogP contribution >= 0.6 is 12.2 Å². The number of aliphatic hydroxyl groups is 1. The van der Waals surface area contributed by atoms with E-state index in [1.165, 1.54) is 4.68 Å². The number of H-pyrrole nitrogens is 1. The lowest BCUT2D eigenvalue weighted by Gasteiger charge is -2.25. The molecular formula is C19H19N7O4S. The minimum absolute atomic E-state index is 0.261. The highest BCUT2D eigenvalue weighted by Crippen LogP contribution is 2.27. The monoisotopic (exact) mass is 441 g/mol. The maximum absolute atomic E-state index is 12.4. The van der Waals surface area contributed by atoms with Crippen molar-refractivity contribution in [3.05, 3.63) is 53.3 Å². The van der Waals surface area contributed by atoms with Gasteiger partial charge < -0.3 is 25.7 Å². The van der Waals surface area contributed by atoms with E-state index >= 15 is 0 Å². The first-order valence-corrected chi connectivity index (χ1v) is 9.79. The molecule has 2 unspecified atom stereocenters. The standard InChI is InChI=1S/C19H19N7O4S/c27-15-8-9-25(16(15)17(28)29)13-6-4-11(5-7-13)20-18(30)21-12-2-1-3-14(10-12)26-19(31)22-23-24-26/h1-7,10,15-16,27H,8-9H2,(H,28,29)(H2,20,21,30)(H,22,24,31). The number of hydrogen-bond donors (Lipinski definition) is 5. The zero-order valence-corrected chi connectivity index (χ0v) is 16.9. The summed E-state index contributed by atoms with van der Waals surface area (Å²) < 4.78 is 1.76. The molecule has 4 rings (SSSR count). The second-order valence-corrected chi connectivity index (χ2v) is 7.29. The van der Waals surface area contributed by atoms with Crippen LogP contribution in [0, 0.1) is 4.77 Å². The highest BCUT2D eigenvalue weighted by Gasteiger charge is 2.38. The number of carboxylic acids is 1. The summed E-state index contributed by atoms with van der Waals surface area (Å²) in [6.07, 6.45) is -0.525. The molecule has 5 N–H and O–H groups in total. The van der Waals surface area contributed by atoms with E-state index in [1.807, 2.05) is 0 Å². The molecule has 2 heterocycles. The SMILES string of the molecule is O=C(Nc1ccc(N2CCC(O)C2C(=O)O)cc1)Nc1cccc(-n2[nH]nnc2=S)c1. The molecule has 11 nitrogen and oxygen atoms in total. The Labute approximate surface area is 181 Å². The lowest BCUT2D eigenvalue weighted by Crippen LogP contribution is -2.41. The molecule has 12 heteroatoms. The van der Waals surface area contributed by atoms with Gasteiger partial charge in [0, 0.05) is 23.6 Å². The van der Waals surface area contributed by atoms with Gasteiger partial charge in [-0.3, -0.25) is 0 Å². The number of carbonyl (C=O) groups is 2. The number of aromatic nitrogens is 4. The number of hydrogen-bond acceptors (Lipinski definition) is 7. The number of carboxylic acid groups (broad SMARTS) is 1. The maximum atomic E-state index is 12.4. The van der Waals surface area contributed by atoms with E-state index in [2.05, 4.69) is 26.2 Å². The van der Waals surface area contributed by atoms with Crippen molar-refractivity contribution in [1.82, 2.24) is 20.2 Å². The summed E-state index contributed by atoms with van der Waals surface area (Å²) >= 11 is 5.07. The van der Waals surface area contributed by atoms with E-state index in [1.54, 1.807) is 53.4 Å². The number of nitrogens with zero attached hydrogens (tertiary/aromatic N) is 4. The van der Waals surface area contributed by atoms with Gasteiger partial charge in [-0.1, -0.05) is 16.4 Å². The number of aliphatic carboxylic acids is 1. The Balaban J connectivity index is 1.41. The number of urea groups is 1. The first kappa shape index (κ1) is 20.5. The fraction of sp³-hybridized carbons (Fsp3) is 0.211. The number of carbonyl (C=O) groups excluding carboxylic acids is 1. The number of nitrogens with one attached hydrogen (secondary N) is 3. The molecule has 160 valence electrons. The van der Waals surface area contributed by atoms with Crippen molar-refractivity contribution in [2.45, 2.75) is 18.6 Å². The zero-order chi connectivity index (χ0) is 22.0. The number of aliphatic hydroxyl groups excluding tert-OH is 1. The number of amides is 2. The van der Waals surface area contributed by atoms with Crippen molar-refractivity contribution < 1.29 is 19.8 Å². The van der Waals surface area contributed by atoms with Crippen LogP contribution in [0.25, 0.3) is 5.69 Å². The van der Waals surface area contributed by atoms with Crippen LogP contribution in [0.4, 0.5) is 21.9 Å². The third kappa shape index (κ3) is 4.39. The molecule has 0 spiro atoms. The fourth-order valence-corrected chi connectivity index (χ4v) is 3.67. The van der Waals surface area contributed by atoms with Crippen LogP contribution in [0.2, 0.25) is 0 Å². The molecule has 1 aliphatic heterocycles. The molecule has 0 radical (unpaired) electrons. The smallest absolute Gasteiger partial charge is 0.329 e. The lowest BCUT2D eigenvalue weighted by atomic mass is 10.1. The van der Waals surface area contributed by atoms with E-state index in [0.717, 1.165) is 0 Å². The van der Waals surface area contributed by atoms with Gasteiger partial charge in [0.05, 0.1) is 11.8 Å². The highest BCUT2D eigenvalue weighted by atomic mass is 32.1. The molecule has 1 saturated heterocycles. The summed E-state index contributed by atoms with van der Waals surface area (Å²) in [5.41, 5.74) is 2.40. The summed E-state index contributed by atoms with van der Waals surface area (Å²) in [4.78, 5) is 25.4. The summed E-state index contributed by atoms with van der Waals surface area (Å²) in [6, 6.07) is 12.3. The van der Waals surface area contributed by atoms with Crippen molar-refractivity contribution in [3.63, 3.8) is 0 Å². The van der Waals surface area contributed by atoms with Crippen LogP contribution in [-0.2, 0) is 4.79 Å². The van der Waals surface area contributed by atoms with Crippen molar-refractivity contribution in [3.8, 4) is 5.69 Å². The molecule has 0 aliphatic carbocycles. The predicted molar refractivity (Wildman–Crippen MR) is 115 cm³/mol. The molecule has 31 heavy (non-hydrogen) atoms. The summed E-state index contributed by atoms with van der Waals surface area (Å²) in [5, 5.41) is 34.7. The van der Waals surface area contributed by atoms with Crippen molar-refractivity contribution in [2.75, 3.05) is 22.1 Å². The first-order chi connectivity index (χ1) is 14.9. The summed E-state index contributed by atoms with van der Waals surface area (Å²) in [5.74, 6) is -1.07. The molecule has 1 aromatic heterocycles. The second kappa shape index (κ2) is 8.53. The predicted octanol–water partition coefficient (Wildman–Crippen LogP) is 1.99. The number of benzene rings is 2. The van der Waals surface area contributed by atoms with Gasteiger partial charge in [-0.2, -0.15) is 5.21 Å². The molecule has 3 aromatic rings. The van der Waals surface area contributed by atoms with Gasteiger partial charge in [0.15, 0.2) is 6.04 Å². The van der Waals surface area contributed by atoms with Crippen molar-refractivity contribution in [2.24, 2.45) is 0 Å². The third-order valence-corrected chi connectivity index (χ3v) is 5.17. The van der Waals surface area contributed by atoms with Gasteiger partial charge >= 0.3 is 12.0 Å². The quantitative estimate of drug-likeness (QED) is 0.378. The Morgan fingerprint density at radius 3 is 2.52 bits per heavy atom. The van der Waals surface area contributed by atoms with Gasteiger partial charge in [0.1, 0.15) is 0 Å². The maximum Gasteiger partial charge on any atom is 0.329 e. The van der Waals surface area contributed by atoms with E-state index in [0.29, 0.717) is 35.7 Å². The van der Waals surface area contributed by atoms with Crippen LogP contribution in [0.15, 0.2) is 48.5 Å². The van der Waals surface area contributed by atoms with E-state index in [4.69, 9.17) is 12.2 Å². The van der Waals surface area contributed by atoms with Crippen LogP contribution in [0.1, 0.15) is 6.42 Å². The molecule has 2 amide bonds. The summed E-state index contributed by atoms with van der Waals surface area (Å²) in [6.45, 7) is 0.442. The molecule has 1 aliphatic rings. The molecular weight excluding hydrogens is 422 g/mol. The Morgan fingerprint density at radius 1 is 1.10 bits per heavy atom. The summed E-state index contributed by atoms with van der Waals surface area (Å²) in [7, 11) is 0. The van der Waals surface area contributed by atoms with Crippen LogP contribution in [0.5, 0.6) is 0 Å². The fourth-order valence-electron chi connectivity index (χ4n) is 3.48. The van der Waals surface area contributed by atoms with Gasteiger partial charge in [0.25, 0.3) is 0 Å². The Bertz CT molecular complexity index is 1160. The normalized spacial score (nSPS) is 18.0. The topological polar surface area (TPSA) is 148 Å². The van der Waals surface area contributed by atoms with Gasteiger partial charge in [0.2, 0.25) is 4.77 Å². The zero-order valence-electron chi connectivity index (χ0n) is 16.1. The Kier molecular flexibility index (Phi) is 5.64. The van der Waals surface area contributed by atoms with E-state index < -0.39 is 24.1 Å². The highest BCUT2D eigenvalue weighted by molar-refractivity contribution is 7.71. The Morgan fingerprint density at radius 2 is 1.84 bits per heavy atom. The van der Waals surface area contributed by atoms with E-state index in [9.17, 15) is 19.8 Å². The molecule has 2 aromatic carbocycles. The second-order valence-electron chi connectivity index (χ2n) is 6.93. The van der Waals surface area contributed by atoms with Crippen LogP contribution in [0.3, 0.4) is 0 Å². The van der Waals surface area contributed by atoms with Crippen molar-refractivity contribution >= 4 is 41.3 Å². The third-order valence-electron chi connectivity index (χ3n) is 4.91. The molecule has 1 fully saturated rings. The lowest BCUT2D eigenvalue weighted by molar-refractivity contribution is -0.140. The molecule has 0 bridgehead atoms. The average molecular weight is 441 g/mol. The van der Waals surface area contributed by atoms with Gasteiger partial charge in [-0.25, -0.2) is 14.3 Å². The number of rotatable bonds is 5. The number of tetrazole rings is 1. The minimum atomic E-state index is -1.07. The first-order valence-electron chi connectivity index (χ1n) is 9.38. The minimum Gasteiger partial charge on any atom is -0.480 e. The van der Waals surface area contributed by atoms with Crippen LogP contribution in [-0.4, -0.2) is 61.1 Å².